The predicted octanol–water partition coefficient (Wildman–Crippen LogP) is 3.41. The van der Waals surface area contributed by atoms with Crippen molar-refractivity contribution in [2.45, 2.75) is 0 Å². The molecule has 0 aliphatic carbocycles. The fraction of sp³-hybridized carbons (Fsp3) is 0. The standard InChI is InChI=1S/C12H8BrFN2OS/c13-9-3-4-10(14)8(6-9)7-15-16-12(17)11-2-1-5-18-11/h1-7H,(H,16,17)/b15-7+. The maximum atomic E-state index is 13.3. The molecule has 1 aromatic carbocycles. The van der Waals surface area contributed by atoms with Crippen molar-refractivity contribution in [3.8, 4) is 0 Å². The van der Waals surface area contributed by atoms with Crippen LogP contribution in [0.4, 0.5) is 4.39 Å². The number of hydrazone groups is 1. The molecule has 3 nitrogen and oxygen atoms in total. The quantitative estimate of drug-likeness (QED) is 0.681. The highest BCUT2D eigenvalue weighted by atomic mass is 79.9. The Morgan fingerprint density at radius 1 is 1.44 bits per heavy atom. The second kappa shape index (κ2) is 5.88. The first-order valence-electron chi connectivity index (χ1n) is 4.99. The van der Waals surface area contributed by atoms with Crippen LogP contribution in [0, 0.1) is 5.82 Å². The zero-order valence-electron chi connectivity index (χ0n) is 9.06. The molecule has 0 saturated heterocycles. The van der Waals surface area contributed by atoms with Crippen molar-refractivity contribution >= 4 is 39.4 Å². The molecule has 0 radical (unpaired) electrons. The van der Waals surface area contributed by atoms with Gasteiger partial charge in [-0.1, -0.05) is 22.0 Å². The van der Waals surface area contributed by atoms with Gasteiger partial charge in [0.2, 0.25) is 0 Å². The molecule has 1 amide bonds. The van der Waals surface area contributed by atoms with Gasteiger partial charge in [0.15, 0.2) is 0 Å². The van der Waals surface area contributed by atoms with Crippen molar-refractivity contribution in [2.75, 3.05) is 0 Å². The van der Waals surface area contributed by atoms with Crippen LogP contribution in [0.25, 0.3) is 0 Å². The smallest absolute Gasteiger partial charge is 0.266 e. The Bertz CT molecular complexity index is 584. The van der Waals surface area contributed by atoms with Crippen LogP contribution >= 0.6 is 27.3 Å². The number of carbonyl (C=O) groups excluding carboxylic acids is 1. The number of benzene rings is 1. The second-order valence-corrected chi connectivity index (χ2v) is 5.21. The second-order valence-electron chi connectivity index (χ2n) is 3.34. The van der Waals surface area contributed by atoms with Crippen molar-refractivity contribution in [3.05, 3.63) is 56.4 Å². The average molecular weight is 327 g/mol. The minimum Gasteiger partial charge on any atom is -0.266 e. The Morgan fingerprint density at radius 2 is 2.28 bits per heavy atom. The number of carbonyl (C=O) groups is 1. The number of hydrogen-bond donors (Lipinski definition) is 1. The van der Waals surface area contributed by atoms with Gasteiger partial charge in [0.05, 0.1) is 11.1 Å². The van der Waals surface area contributed by atoms with Crippen LogP contribution in [0.3, 0.4) is 0 Å². The van der Waals surface area contributed by atoms with E-state index in [1.165, 1.54) is 23.6 Å². The van der Waals surface area contributed by atoms with Gasteiger partial charge >= 0.3 is 0 Å². The Morgan fingerprint density at radius 3 is 3.00 bits per heavy atom. The molecule has 2 aromatic rings. The molecular formula is C12H8BrFN2OS. The number of nitrogens with zero attached hydrogens (tertiary/aromatic N) is 1. The van der Waals surface area contributed by atoms with E-state index in [9.17, 15) is 9.18 Å². The number of halogens is 2. The van der Waals surface area contributed by atoms with E-state index in [4.69, 9.17) is 0 Å². The van der Waals surface area contributed by atoms with Crippen LogP contribution in [0.15, 0.2) is 45.3 Å². The number of rotatable bonds is 3. The number of hydrogen-bond acceptors (Lipinski definition) is 3. The summed E-state index contributed by atoms with van der Waals surface area (Å²) in [5, 5.41) is 5.52. The molecule has 1 aromatic heterocycles. The maximum absolute atomic E-state index is 13.3. The van der Waals surface area contributed by atoms with Gasteiger partial charge in [0.25, 0.3) is 5.91 Å². The Kier molecular flexibility index (Phi) is 4.22. The monoisotopic (exact) mass is 326 g/mol. The van der Waals surface area contributed by atoms with Gasteiger partial charge in [-0.3, -0.25) is 4.79 Å². The Hall–Kier alpha value is -1.53. The number of nitrogens with one attached hydrogen (secondary N) is 1. The minimum absolute atomic E-state index is 0.302. The van der Waals surface area contributed by atoms with Crippen molar-refractivity contribution in [3.63, 3.8) is 0 Å². The summed E-state index contributed by atoms with van der Waals surface area (Å²) in [5.74, 6) is -0.705. The van der Waals surface area contributed by atoms with E-state index in [1.807, 2.05) is 0 Å². The van der Waals surface area contributed by atoms with E-state index < -0.39 is 5.82 Å². The van der Waals surface area contributed by atoms with Gasteiger partial charge < -0.3 is 0 Å². The van der Waals surface area contributed by atoms with Crippen LogP contribution in [0.2, 0.25) is 0 Å². The van der Waals surface area contributed by atoms with Gasteiger partial charge in [-0.25, -0.2) is 9.82 Å². The lowest BCUT2D eigenvalue weighted by Crippen LogP contribution is -2.16. The molecule has 0 aliphatic heterocycles. The fourth-order valence-corrected chi connectivity index (χ4v) is 2.23. The molecule has 0 fully saturated rings. The van der Waals surface area contributed by atoms with E-state index in [-0.39, 0.29) is 5.91 Å². The first-order valence-corrected chi connectivity index (χ1v) is 6.66. The summed E-state index contributed by atoms with van der Waals surface area (Å²) in [6.45, 7) is 0. The fourth-order valence-electron chi connectivity index (χ4n) is 1.24. The molecule has 92 valence electrons. The first-order chi connectivity index (χ1) is 8.66. The summed E-state index contributed by atoms with van der Waals surface area (Å²) in [6, 6.07) is 7.96. The number of amides is 1. The van der Waals surface area contributed by atoms with Crippen LogP contribution in [0.1, 0.15) is 15.2 Å². The van der Waals surface area contributed by atoms with Crippen molar-refractivity contribution in [1.29, 1.82) is 0 Å². The topological polar surface area (TPSA) is 41.5 Å². The molecule has 6 heteroatoms. The van der Waals surface area contributed by atoms with Gasteiger partial charge in [0, 0.05) is 10.0 Å². The van der Waals surface area contributed by atoms with Crippen molar-refractivity contribution < 1.29 is 9.18 Å². The highest BCUT2D eigenvalue weighted by molar-refractivity contribution is 9.10. The average Bonchev–Trinajstić information content (AvgIpc) is 2.87. The molecule has 0 bridgehead atoms. The first kappa shape index (κ1) is 12.9. The third-order valence-corrected chi connectivity index (χ3v) is 3.43. The molecule has 18 heavy (non-hydrogen) atoms. The summed E-state index contributed by atoms with van der Waals surface area (Å²) >= 11 is 4.55. The lowest BCUT2D eigenvalue weighted by molar-refractivity contribution is 0.0959. The predicted molar refractivity (Wildman–Crippen MR) is 73.5 cm³/mol. The molecule has 1 heterocycles. The summed E-state index contributed by atoms with van der Waals surface area (Å²) in [4.78, 5) is 12.1. The van der Waals surface area contributed by atoms with E-state index in [0.29, 0.717) is 10.4 Å². The molecule has 0 spiro atoms. The molecule has 2 rings (SSSR count). The van der Waals surface area contributed by atoms with Gasteiger partial charge in [-0.05, 0) is 29.6 Å². The van der Waals surface area contributed by atoms with Crippen LogP contribution in [0.5, 0.6) is 0 Å². The maximum Gasteiger partial charge on any atom is 0.281 e. The Balaban J connectivity index is 2.03. The van der Waals surface area contributed by atoms with E-state index in [0.717, 1.165) is 4.47 Å². The highest BCUT2D eigenvalue weighted by Crippen LogP contribution is 2.13. The van der Waals surface area contributed by atoms with E-state index >= 15 is 0 Å². The van der Waals surface area contributed by atoms with Crippen LogP contribution in [-0.2, 0) is 0 Å². The largest absolute Gasteiger partial charge is 0.281 e. The van der Waals surface area contributed by atoms with Gasteiger partial charge in [0.1, 0.15) is 5.82 Å². The highest BCUT2D eigenvalue weighted by Gasteiger charge is 2.04. The third-order valence-electron chi connectivity index (χ3n) is 2.07. The summed E-state index contributed by atoms with van der Waals surface area (Å²) in [7, 11) is 0. The van der Waals surface area contributed by atoms with Crippen molar-refractivity contribution in [1.82, 2.24) is 5.43 Å². The molecule has 1 N–H and O–H groups in total. The van der Waals surface area contributed by atoms with E-state index in [1.54, 1.807) is 29.6 Å². The normalized spacial score (nSPS) is 10.8. The lowest BCUT2D eigenvalue weighted by atomic mass is 10.2. The summed E-state index contributed by atoms with van der Waals surface area (Å²) in [6.07, 6.45) is 1.27. The number of thiophene rings is 1. The lowest BCUT2D eigenvalue weighted by Gasteiger charge is -1.98. The van der Waals surface area contributed by atoms with Crippen LogP contribution in [-0.4, -0.2) is 12.1 Å². The molecule has 0 aliphatic rings. The van der Waals surface area contributed by atoms with Crippen molar-refractivity contribution in [2.24, 2.45) is 5.10 Å². The SMILES string of the molecule is O=C(N/N=C/c1cc(Br)ccc1F)c1cccs1. The summed E-state index contributed by atoms with van der Waals surface area (Å²) in [5.41, 5.74) is 2.64. The van der Waals surface area contributed by atoms with Gasteiger partial charge in [-0.15, -0.1) is 11.3 Å². The third kappa shape index (κ3) is 3.24. The van der Waals surface area contributed by atoms with Crippen LogP contribution < -0.4 is 5.43 Å². The molecule has 0 atom stereocenters. The minimum atomic E-state index is -0.396. The summed E-state index contributed by atoms with van der Waals surface area (Å²) < 4.78 is 14.1. The van der Waals surface area contributed by atoms with Gasteiger partial charge in [-0.2, -0.15) is 5.10 Å². The van der Waals surface area contributed by atoms with E-state index in [2.05, 4.69) is 26.5 Å². The molecular weight excluding hydrogens is 319 g/mol. The Labute approximate surface area is 115 Å². The zero-order valence-corrected chi connectivity index (χ0v) is 11.5. The zero-order chi connectivity index (χ0) is 13.0. The molecule has 0 saturated carbocycles. The molecule has 0 unspecified atom stereocenters.